The van der Waals surface area contributed by atoms with Crippen LogP contribution in [0.5, 0.6) is 0 Å². The number of aromatic nitrogens is 2. The molecule has 0 radical (unpaired) electrons. The topological polar surface area (TPSA) is 76.0 Å². The molecule has 0 fully saturated rings. The summed E-state index contributed by atoms with van der Waals surface area (Å²) in [6.07, 6.45) is 0.125. The standard InChI is InChI=1S/C19H19ClN4O2S/c1-12-9-18(24(23-12)15-6-3-5-14(20)10-15)22-19(26)11-16(21-13(2)25)17-7-4-8-27-17/h3-10,16H,11H2,1-2H3,(H,21,25)(H,22,26). The number of anilines is 1. The number of hydrogen-bond acceptors (Lipinski definition) is 4. The Hall–Kier alpha value is -2.64. The van der Waals surface area contributed by atoms with E-state index in [1.807, 2.05) is 36.6 Å². The summed E-state index contributed by atoms with van der Waals surface area (Å²) in [5.41, 5.74) is 1.52. The molecule has 0 bridgehead atoms. The highest BCUT2D eigenvalue weighted by atomic mass is 35.5. The Labute approximate surface area is 166 Å². The minimum Gasteiger partial charge on any atom is -0.348 e. The smallest absolute Gasteiger partial charge is 0.227 e. The molecule has 2 N–H and O–H groups in total. The lowest BCUT2D eigenvalue weighted by Crippen LogP contribution is -2.29. The van der Waals surface area contributed by atoms with Gasteiger partial charge >= 0.3 is 0 Å². The molecule has 0 saturated heterocycles. The van der Waals surface area contributed by atoms with E-state index in [2.05, 4.69) is 15.7 Å². The van der Waals surface area contributed by atoms with Gasteiger partial charge in [-0.05, 0) is 36.6 Å². The van der Waals surface area contributed by atoms with Crippen molar-refractivity contribution in [1.29, 1.82) is 0 Å². The maximum atomic E-state index is 12.6. The van der Waals surface area contributed by atoms with Gasteiger partial charge in [-0.2, -0.15) is 5.10 Å². The highest BCUT2D eigenvalue weighted by Gasteiger charge is 2.19. The first-order chi connectivity index (χ1) is 12.9. The van der Waals surface area contributed by atoms with Crippen LogP contribution in [0.3, 0.4) is 0 Å². The second kappa shape index (κ2) is 8.37. The van der Waals surface area contributed by atoms with E-state index < -0.39 is 0 Å². The summed E-state index contributed by atoms with van der Waals surface area (Å²) in [5, 5.41) is 12.6. The Morgan fingerprint density at radius 2 is 2.07 bits per heavy atom. The molecule has 0 aliphatic heterocycles. The zero-order valence-electron chi connectivity index (χ0n) is 14.9. The van der Waals surface area contributed by atoms with Crippen LogP contribution in [0.25, 0.3) is 5.69 Å². The first-order valence-corrected chi connectivity index (χ1v) is 9.61. The number of nitrogens with one attached hydrogen (secondary N) is 2. The fourth-order valence-corrected chi connectivity index (χ4v) is 3.69. The van der Waals surface area contributed by atoms with Gasteiger partial charge in [-0.15, -0.1) is 11.3 Å². The van der Waals surface area contributed by atoms with Crippen molar-refractivity contribution in [2.45, 2.75) is 26.3 Å². The molecular weight excluding hydrogens is 384 g/mol. The van der Waals surface area contributed by atoms with E-state index in [1.54, 1.807) is 22.9 Å². The van der Waals surface area contributed by atoms with Crippen molar-refractivity contribution in [3.8, 4) is 5.69 Å². The summed E-state index contributed by atoms with van der Waals surface area (Å²) in [5.74, 6) is 0.152. The van der Waals surface area contributed by atoms with E-state index in [4.69, 9.17) is 11.6 Å². The second-order valence-corrected chi connectivity index (χ2v) is 7.50. The maximum Gasteiger partial charge on any atom is 0.227 e. The molecule has 0 spiro atoms. The van der Waals surface area contributed by atoms with Crippen LogP contribution in [0, 0.1) is 6.92 Å². The molecule has 1 aromatic carbocycles. The van der Waals surface area contributed by atoms with Gasteiger partial charge in [-0.1, -0.05) is 23.7 Å². The van der Waals surface area contributed by atoms with E-state index >= 15 is 0 Å². The third-order valence-electron chi connectivity index (χ3n) is 3.81. The van der Waals surface area contributed by atoms with Crippen molar-refractivity contribution < 1.29 is 9.59 Å². The summed E-state index contributed by atoms with van der Waals surface area (Å²) in [7, 11) is 0. The molecule has 1 atom stereocenters. The van der Waals surface area contributed by atoms with E-state index in [9.17, 15) is 9.59 Å². The van der Waals surface area contributed by atoms with Crippen LogP contribution in [0.1, 0.15) is 30.0 Å². The summed E-state index contributed by atoms with van der Waals surface area (Å²) in [6.45, 7) is 3.29. The fourth-order valence-electron chi connectivity index (χ4n) is 2.73. The van der Waals surface area contributed by atoms with Gasteiger partial charge in [0.05, 0.1) is 23.8 Å². The lowest BCUT2D eigenvalue weighted by molar-refractivity contribution is -0.120. The molecule has 8 heteroatoms. The van der Waals surface area contributed by atoms with Crippen LogP contribution in [0.15, 0.2) is 47.8 Å². The van der Waals surface area contributed by atoms with Gasteiger partial charge < -0.3 is 10.6 Å². The predicted octanol–water partition coefficient (Wildman–Crippen LogP) is 4.10. The number of benzene rings is 1. The van der Waals surface area contributed by atoms with Crippen LogP contribution >= 0.6 is 22.9 Å². The SMILES string of the molecule is CC(=O)NC(CC(=O)Nc1cc(C)nn1-c1cccc(Cl)c1)c1cccs1. The Balaban J connectivity index is 1.79. The molecular formula is C19H19ClN4O2S. The lowest BCUT2D eigenvalue weighted by Gasteiger charge is -2.16. The number of carbonyl (C=O) groups is 2. The zero-order chi connectivity index (χ0) is 19.4. The third-order valence-corrected chi connectivity index (χ3v) is 5.03. The number of carbonyl (C=O) groups excluding carboxylic acids is 2. The van der Waals surface area contributed by atoms with Crippen LogP contribution in [-0.4, -0.2) is 21.6 Å². The zero-order valence-corrected chi connectivity index (χ0v) is 16.5. The van der Waals surface area contributed by atoms with Crippen molar-refractivity contribution in [2.24, 2.45) is 0 Å². The van der Waals surface area contributed by atoms with E-state index in [-0.39, 0.29) is 24.3 Å². The molecule has 140 valence electrons. The molecule has 1 unspecified atom stereocenters. The summed E-state index contributed by atoms with van der Waals surface area (Å²) in [6, 6.07) is 12.4. The van der Waals surface area contributed by atoms with E-state index in [0.717, 1.165) is 16.3 Å². The fraction of sp³-hybridized carbons (Fsp3) is 0.211. The first kappa shape index (κ1) is 19.1. The number of amides is 2. The average molecular weight is 403 g/mol. The Kier molecular flexibility index (Phi) is 5.93. The van der Waals surface area contributed by atoms with Crippen LogP contribution in [0.4, 0.5) is 5.82 Å². The molecule has 27 heavy (non-hydrogen) atoms. The van der Waals surface area contributed by atoms with Crippen LogP contribution in [0.2, 0.25) is 5.02 Å². The monoisotopic (exact) mass is 402 g/mol. The van der Waals surface area contributed by atoms with Gasteiger partial charge in [0.15, 0.2) is 0 Å². The van der Waals surface area contributed by atoms with Crippen molar-refractivity contribution in [2.75, 3.05) is 5.32 Å². The van der Waals surface area contributed by atoms with Crippen LogP contribution in [-0.2, 0) is 9.59 Å². The van der Waals surface area contributed by atoms with Crippen LogP contribution < -0.4 is 10.6 Å². The molecule has 0 aliphatic rings. The first-order valence-electron chi connectivity index (χ1n) is 8.35. The number of hydrogen-bond donors (Lipinski definition) is 2. The number of thiophene rings is 1. The lowest BCUT2D eigenvalue weighted by atomic mass is 10.1. The van der Waals surface area contributed by atoms with Crippen molar-refractivity contribution in [1.82, 2.24) is 15.1 Å². The van der Waals surface area contributed by atoms with Gasteiger partial charge in [0, 0.05) is 22.9 Å². The second-order valence-electron chi connectivity index (χ2n) is 6.08. The van der Waals surface area contributed by atoms with E-state index in [0.29, 0.717) is 10.8 Å². The Bertz CT molecular complexity index is 953. The van der Waals surface area contributed by atoms with Crippen molar-refractivity contribution >= 4 is 40.6 Å². The molecule has 6 nitrogen and oxygen atoms in total. The number of rotatable bonds is 6. The predicted molar refractivity (Wildman–Crippen MR) is 107 cm³/mol. The molecule has 3 rings (SSSR count). The van der Waals surface area contributed by atoms with Gasteiger partial charge in [0.2, 0.25) is 11.8 Å². The molecule has 0 saturated carbocycles. The molecule has 3 aromatic rings. The van der Waals surface area contributed by atoms with Gasteiger partial charge in [0.1, 0.15) is 5.82 Å². The Morgan fingerprint density at radius 1 is 1.26 bits per heavy atom. The van der Waals surface area contributed by atoms with Gasteiger partial charge in [-0.3, -0.25) is 9.59 Å². The minimum absolute atomic E-state index is 0.125. The minimum atomic E-state index is -0.369. The van der Waals surface area contributed by atoms with Gasteiger partial charge in [-0.25, -0.2) is 4.68 Å². The quantitative estimate of drug-likeness (QED) is 0.651. The van der Waals surface area contributed by atoms with E-state index in [1.165, 1.54) is 18.3 Å². The highest BCUT2D eigenvalue weighted by molar-refractivity contribution is 7.10. The average Bonchev–Trinajstić information content (AvgIpc) is 3.23. The summed E-state index contributed by atoms with van der Waals surface area (Å²) < 4.78 is 1.64. The van der Waals surface area contributed by atoms with Crippen molar-refractivity contribution in [3.05, 3.63) is 63.4 Å². The summed E-state index contributed by atoms with van der Waals surface area (Å²) >= 11 is 7.57. The number of halogens is 1. The molecule has 2 aromatic heterocycles. The largest absolute Gasteiger partial charge is 0.348 e. The maximum absolute atomic E-state index is 12.6. The van der Waals surface area contributed by atoms with Gasteiger partial charge in [0.25, 0.3) is 0 Å². The molecule has 0 aliphatic carbocycles. The number of nitrogens with zero attached hydrogens (tertiary/aromatic N) is 2. The Morgan fingerprint density at radius 3 is 2.74 bits per heavy atom. The van der Waals surface area contributed by atoms with Crippen molar-refractivity contribution in [3.63, 3.8) is 0 Å². The normalized spacial score (nSPS) is 11.8. The third kappa shape index (κ3) is 4.96. The summed E-state index contributed by atoms with van der Waals surface area (Å²) in [4.78, 5) is 25.1. The highest BCUT2D eigenvalue weighted by Crippen LogP contribution is 2.24. The molecule has 2 amide bonds. The number of aryl methyl sites for hydroxylation is 1. The molecule has 2 heterocycles.